The van der Waals surface area contributed by atoms with Gasteiger partial charge in [-0.05, 0) is 13.8 Å². The van der Waals surface area contributed by atoms with E-state index in [-0.39, 0.29) is 18.4 Å². The van der Waals surface area contributed by atoms with Gasteiger partial charge in [0.2, 0.25) is 17.8 Å². The van der Waals surface area contributed by atoms with Crippen molar-refractivity contribution in [1.29, 1.82) is 0 Å². The van der Waals surface area contributed by atoms with Gasteiger partial charge in [0.05, 0.1) is 7.11 Å². The standard InChI is InChI=1S/C10H19N7O2/c1-4-17(5-2)10-14-8(12-6-7(18)19-3)13-9(15-10)16-11/h4-6,11H2,1-3H3,(H2,12,13,14,15,16). The number of hydrazine groups is 1. The average Bonchev–Trinajstić information content (AvgIpc) is 2.45. The van der Waals surface area contributed by atoms with Gasteiger partial charge in [0.15, 0.2) is 0 Å². The zero-order valence-corrected chi connectivity index (χ0v) is 11.3. The minimum absolute atomic E-state index is 0.0256. The summed E-state index contributed by atoms with van der Waals surface area (Å²) in [5.41, 5.74) is 2.37. The Bertz CT molecular complexity index is 422. The van der Waals surface area contributed by atoms with E-state index >= 15 is 0 Å². The Labute approximate surface area is 111 Å². The molecule has 0 fully saturated rings. The van der Waals surface area contributed by atoms with Crippen LogP contribution in [-0.2, 0) is 9.53 Å². The van der Waals surface area contributed by atoms with Crippen molar-refractivity contribution in [3.8, 4) is 0 Å². The fourth-order valence-corrected chi connectivity index (χ4v) is 1.38. The summed E-state index contributed by atoms with van der Waals surface area (Å²) < 4.78 is 4.53. The number of aromatic nitrogens is 3. The van der Waals surface area contributed by atoms with Gasteiger partial charge in [-0.1, -0.05) is 0 Å². The molecule has 9 heteroatoms. The zero-order valence-electron chi connectivity index (χ0n) is 11.3. The summed E-state index contributed by atoms with van der Waals surface area (Å²) in [5.74, 6) is 5.87. The van der Waals surface area contributed by atoms with Crippen LogP contribution in [0, 0.1) is 0 Å². The SMILES string of the molecule is CCN(CC)c1nc(NN)nc(NCC(=O)OC)n1. The molecule has 1 aromatic rings. The third-order valence-corrected chi connectivity index (χ3v) is 2.42. The van der Waals surface area contributed by atoms with E-state index in [9.17, 15) is 4.79 Å². The number of esters is 1. The fraction of sp³-hybridized carbons (Fsp3) is 0.600. The van der Waals surface area contributed by atoms with E-state index in [2.05, 4.69) is 30.4 Å². The Balaban J connectivity index is 2.91. The van der Waals surface area contributed by atoms with Gasteiger partial charge in [0.25, 0.3) is 0 Å². The summed E-state index contributed by atoms with van der Waals surface area (Å²) >= 11 is 0. The lowest BCUT2D eigenvalue weighted by Crippen LogP contribution is -2.26. The minimum atomic E-state index is -0.410. The number of carbonyl (C=O) groups excluding carboxylic acids is 1. The first-order valence-electron chi connectivity index (χ1n) is 5.92. The van der Waals surface area contributed by atoms with Gasteiger partial charge in [-0.15, -0.1) is 0 Å². The second kappa shape index (κ2) is 7.31. The molecule has 0 aliphatic heterocycles. The Morgan fingerprint density at radius 2 is 1.89 bits per heavy atom. The molecular formula is C10H19N7O2. The molecule has 0 spiro atoms. The Hall–Kier alpha value is -2.16. The maximum absolute atomic E-state index is 11.1. The van der Waals surface area contributed by atoms with E-state index in [1.54, 1.807) is 0 Å². The summed E-state index contributed by atoms with van der Waals surface area (Å²) in [6.45, 7) is 5.46. The van der Waals surface area contributed by atoms with Crippen molar-refractivity contribution in [1.82, 2.24) is 15.0 Å². The predicted octanol–water partition coefficient (Wildman–Crippen LogP) is -0.412. The minimum Gasteiger partial charge on any atom is -0.468 e. The van der Waals surface area contributed by atoms with Crippen molar-refractivity contribution in [3.05, 3.63) is 0 Å². The van der Waals surface area contributed by atoms with Gasteiger partial charge < -0.3 is 15.0 Å². The highest BCUT2D eigenvalue weighted by atomic mass is 16.5. The maximum Gasteiger partial charge on any atom is 0.325 e. The summed E-state index contributed by atoms with van der Waals surface area (Å²) in [6, 6.07) is 0. The van der Waals surface area contributed by atoms with Crippen LogP contribution in [0.5, 0.6) is 0 Å². The molecule has 0 amide bonds. The number of rotatable bonds is 7. The zero-order chi connectivity index (χ0) is 14.3. The van der Waals surface area contributed by atoms with Crippen LogP contribution in [0.4, 0.5) is 17.8 Å². The second-order valence-electron chi connectivity index (χ2n) is 3.53. The molecule has 1 heterocycles. The molecule has 0 atom stereocenters. The van der Waals surface area contributed by atoms with Crippen molar-refractivity contribution < 1.29 is 9.53 Å². The molecule has 0 bridgehead atoms. The van der Waals surface area contributed by atoms with E-state index in [0.29, 0.717) is 5.95 Å². The van der Waals surface area contributed by atoms with Gasteiger partial charge in [0, 0.05) is 13.1 Å². The van der Waals surface area contributed by atoms with E-state index < -0.39 is 5.97 Å². The average molecular weight is 269 g/mol. The van der Waals surface area contributed by atoms with Gasteiger partial charge in [-0.3, -0.25) is 10.2 Å². The number of methoxy groups -OCH3 is 1. The summed E-state index contributed by atoms with van der Waals surface area (Å²) in [4.78, 5) is 25.4. The largest absolute Gasteiger partial charge is 0.468 e. The topological polar surface area (TPSA) is 118 Å². The number of hydrogen-bond donors (Lipinski definition) is 3. The van der Waals surface area contributed by atoms with Crippen LogP contribution < -0.4 is 21.5 Å². The third kappa shape index (κ3) is 4.21. The van der Waals surface area contributed by atoms with E-state index in [0.717, 1.165) is 13.1 Å². The lowest BCUT2D eigenvalue weighted by Gasteiger charge is -2.19. The van der Waals surface area contributed by atoms with Crippen molar-refractivity contribution in [2.24, 2.45) is 5.84 Å². The van der Waals surface area contributed by atoms with Crippen LogP contribution in [0.2, 0.25) is 0 Å². The van der Waals surface area contributed by atoms with Crippen LogP contribution in [-0.4, -0.2) is 47.7 Å². The molecule has 0 aliphatic rings. The van der Waals surface area contributed by atoms with E-state index in [4.69, 9.17) is 5.84 Å². The Morgan fingerprint density at radius 1 is 1.26 bits per heavy atom. The molecule has 0 aliphatic carbocycles. The quantitative estimate of drug-likeness (QED) is 0.344. The number of anilines is 3. The molecule has 106 valence electrons. The lowest BCUT2D eigenvalue weighted by molar-refractivity contribution is -0.138. The predicted molar refractivity (Wildman–Crippen MR) is 71.7 cm³/mol. The van der Waals surface area contributed by atoms with Crippen LogP contribution in [0.25, 0.3) is 0 Å². The monoisotopic (exact) mass is 269 g/mol. The first-order chi connectivity index (χ1) is 9.14. The van der Waals surface area contributed by atoms with Crippen LogP contribution in [0.1, 0.15) is 13.8 Å². The number of nitrogens with one attached hydrogen (secondary N) is 2. The number of nitrogens with two attached hydrogens (primary N) is 1. The fourth-order valence-electron chi connectivity index (χ4n) is 1.38. The molecule has 0 aromatic carbocycles. The Morgan fingerprint density at radius 3 is 2.42 bits per heavy atom. The molecular weight excluding hydrogens is 250 g/mol. The number of ether oxygens (including phenoxy) is 1. The highest BCUT2D eigenvalue weighted by Gasteiger charge is 2.11. The molecule has 9 nitrogen and oxygen atoms in total. The second-order valence-corrected chi connectivity index (χ2v) is 3.53. The van der Waals surface area contributed by atoms with Gasteiger partial charge in [-0.2, -0.15) is 15.0 Å². The Kier molecular flexibility index (Phi) is 5.73. The number of nitrogens with zero attached hydrogens (tertiary/aromatic N) is 4. The summed E-state index contributed by atoms with van der Waals surface area (Å²) in [5, 5.41) is 2.75. The van der Waals surface area contributed by atoms with Crippen LogP contribution in [0.15, 0.2) is 0 Å². The number of hydrogen-bond acceptors (Lipinski definition) is 9. The van der Waals surface area contributed by atoms with Crippen LogP contribution >= 0.6 is 0 Å². The molecule has 4 N–H and O–H groups in total. The van der Waals surface area contributed by atoms with E-state index in [1.165, 1.54) is 7.11 Å². The molecule has 0 saturated heterocycles. The van der Waals surface area contributed by atoms with Gasteiger partial charge in [0.1, 0.15) is 6.54 Å². The molecule has 0 unspecified atom stereocenters. The van der Waals surface area contributed by atoms with Gasteiger partial charge >= 0.3 is 5.97 Å². The molecule has 1 rings (SSSR count). The third-order valence-electron chi connectivity index (χ3n) is 2.42. The van der Waals surface area contributed by atoms with Gasteiger partial charge in [-0.25, -0.2) is 5.84 Å². The maximum atomic E-state index is 11.1. The highest BCUT2D eigenvalue weighted by molar-refractivity contribution is 5.74. The molecule has 1 aromatic heterocycles. The van der Waals surface area contributed by atoms with Crippen LogP contribution in [0.3, 0.4) is 0 Å². The van der Waals surface area contributed by atoms with E-state index in [1.807, 2.05) is 18.7 Å². The van der Waals surface area contributed by atoms with Crippen molar-refractivity contribution in [2.45, 2.75) is 13.8 Å². The summed E-state index contributed by atoms with van der Waals surface area (Å²) in [7, 11) is 1.31. The van der Waals surface area contributed by atoms with Crippen molar-refractivity contribution >= 4 is 23.8 Å². The number of nitrogen functional groups attached to an aromatic ring is 1. The number of carbonyl (C=O) groups is 1. The van der Waals surface area contributed by atoms with Crippen molar-refractivity contribution in [3.63, 3.8) is 0 Å². The summed E-state index contributed by atoms with van der Waals surface area (Å²) in [6.07, 6.45) is 0. The van der Waals surface area contributed by atoms with Crippen molar-refractivity contribution in [2.75, 3.05) is 42.4 Å². The highest BCUT2D eigenvalue weighted by Crippen LogP contribution is 2.12. The first kappa shape index (κ1) is 14.9. The lowest BCUT2D eigenvalue weighted by atomic mass is 10.5. The smallest absolute Gasteiger partial charge is 0.325 e. The molecule has 0 radical (unpaired) electrons. The first-order valence-corrected chi connectivity index (χ1v) is 5.92. The molecule has 19 heavy (non-hydrogen) atoms. The normalized spacial score (nSPS) is 9.89. The molecule has 0 saturated carbocycles.